The zero-order valence-electron chi connectivity index (χ0n) is 10.2. The summed E-state index contributed by atoms with van der Waals surface area (Å²) in [6.07, 6.45) is 8.67. The summed E-state index contributed by atoms with van der Waals surface area (Å²) in [5, 5.41) is 3.38. The summed E-state index contributed by atoms with van der Waals surface area (Å²) in [5.74, 6) is 1.75. The molecule has 0 bridgehead atoms. The van der Waals surface area contributed by atoms with Crippen molar-refractivity contribution in [2.75, 3.05) is 7.05 Å². The van der Waals surface area contributed by atoms with E-state index in [4.69, 9.17) is 0 Å². The smallest absolute Gasteiger partial charge is 0.125 e. The van der Waals surface area contributed by atoms with Crippen LogP contribution in [-0.2, 0) is 0 Å². The number of rotatable bonds is 4. The first-order valence-corrected chi connectivity index (χ1v) is 6.26. The predicted molar refractivity (Wildman–Crippen MR) is 65.1 cm³/mol. The van der Waals surface area contributed by atoms with Crippen LogP contribution < -0.4 is 5.32 Å². The Morgan fingerprint density at radius 2 is 2.19 bits per heavy atom. The molecule has 0 aromatic carbocycles. The van der Waals surface area contributed by atoms with Gasteiger partial charge in [-0.05, 0) is 32.4 Å². The Morgan fingerprint density at radius 1 is 1.44 bits per heavy atom. The second-order valence-corrected chi connectivity index (χ2v) is 4.76. The summed E-state index contributed by atoms with van der Waals surface area (Å²) in [4.78, 5) is 8.66. The molecule has 2 rings (SSSR count). The Labute approximate surface area is 97.7 Å². The Hall–Kier alpha value is -0.960. The van der Waals surface area contributed by atoms with Gasteiger partial charge in [-0.3, -0.25) is 0 Å². The van der Waals surface area contributed by atoms with Crippen molar-refractivity contribution in [3.8, 4) is 0 Å². The zero-order chi connectivity index (χ0) is 11.4. The maximum atomic E-state index is 4.51. The average molecular weight is 219 g/mol. The van der Waals surface area contributed by atoms with E-state index in [1.165, 1.54) is 32.1 Å². The van der Waals surface area contributed by atoms with Gasteiger partial charge >= 0.3 is 0 Å². The average Bonchev–Trinajstić information content (AvgIpc) is 2.78. The van der Waals surface area contributed by atoms with Gasteiger partial charge in [0.1, 0.15) is 5.82 Å². The molecule has 0 saturated heterocycles. The van der Waals surface area contributed by atoms with E-state index in [2.05, 4.69) is 15.3 Å². The molecule has 88 valence electrons. The van der Waals surface area contributed by atoms with Crippen molar-refractivity contribution >= 4 is 0 Å². The summed E-state index contributed by atoms with van der Waals surface area (Å²) in [6, 6.07) is 2.42. The molecule has 0 amide bonds. The van der Waals surface area contributed by atoms with Crippen molar-refractivity contribution in [3.63, 3.8) is 0 Å². The minimum Gasteiger partial charge on any atom is -0.312 e. The van der Waals surface area contributed by atoms with Crippen LogP contribution in [0.5, 0.6) is 0 Å². The van der Waals surface area contributed by atoms with Gasteiger partial charge in [0.2, 0.25) is 0 Å². The fourth-order valence-corrected chi connectivity index (χ4v) is 2.63. The fraction of sp³-hybridized carbons (Fsp3) is 0.692. The van der Waals surface area contributed by atoms with E-state index in [-0.39, 0.29) is 0 Å². The Bertz CT molecular complexity index is 332. The molecule has 1 atom stereocenters. The molecular formula is C13H21N3. The predicted octanol–water partition coefficient (Wildman–Crippen LogP) is 2.63. The maximum Gasteiger partial charge on any atom is 0.125 e. The highest BCUT2D eigenvalue weighted by atomic mass is 14.9. The van der Waals surface area contributed by atoms with Crippen LogP contribution in [-0.4, -0.2) is 17.0 Å². The third kappa shape index (κ3) is 2.79. The molecule has 1 unspecified atom stereocenters. The largest absolute Gasteiger partial charge is 0.312 e. The zero-order valence-corrected chi connectivity index (χ0v) is 10.2. The molecule has 1 aliphatic rings. The first kappa shape index (κ1) is 11.5. The lowest BCUT2D eigenvalue weighted by atomic mass is 9.96. The van der Waals surface area contributed by atoms with E-state index in [0.29, 0.717) is 6.04 Å². The van der Waals surface area contributed by atoms with Crippen LogP contribution in [0.4, 0.5) is 0 Å². The monoisotopic (exact) mass is 219 g/mol. The quantitative estimate of drug-likeness (QED) is 0.846. The lowest BCUT2D eigenvalue weighted by Gasteiger charge is -2.19. The van der Waals surface area contributed by atoms with Crippen LogP contribution in [0.15, 0.2) is 12.3 Å². The lowest BCUT2D eigenvalue weighted by molar-refractivity contribution is 0.407. The van der Waals surface area contributed by atoms with E-state index in [1.54, 1.807) is 0 Å². The third-order valence-electron chi connectivity index (χ3n) is 3.55. The highest BCUT2D eigenvalue weighted by Crippen LogP contribution is 2.32. The van der Waals surface area contributed by atoms with Crippen molar-refractivity contribution in [1.82, 2.24) is 15.3 Å². The first-order valence-electron chi connectivity index (χ1n) is 6.26. The molecule has 0 spiro atoms. The summed E-state index contributed by atoms with van der Waals surface area (Å²) in [5.41, 5.74) is 1.14. The normalized spacial score (nSPS) is 18.9. The Morgan fingerprint density at radius 3 is 2.81 bits per heavy atom. The summed E-state index contributed by atoms with van der Waals surface area (Å²) >= 11 is 0. The van der Waals surface area contributed by atoms with Gasteiger partial charge in [-0.1, -0.05) is 25.7 Å². The van der Waals surface area contributed by atoms with Crippen LogP contribution in [0.25, 0.3) is 0 Å². The second-order valence-electron chi connectivity index (χ2n) is 4.76. The molecule has 0 aliphatic heterocycles. The highest BCUT2D eigenvalue weighted by Gasteiger charge is 2.21. The van der Waals surface area contributed by atoms with E-state index < -0.39 is 0 Å². The molecular weight excluding hydrogens is 198 g/mol. The van der Waals surface area contributed by atoms with Gasteiger partial charge in [0.15, 0.2) is 0 Å². The van der Waals surface area contributed by atoms with Crippen molar-refractivity contribution in [1.29, 1.82) is 0 Å². The topological polar surface area (TPSA) is 37.8 Å². The van der Waals surface area contributed by atoms with E-state index in [0.717, 1.165) is 17.4 Å². The van der Waals surface area contributed by atoms with Crippen LogP contribution >= 0.6 is 0 Å². The maximum absolute atomic E-state index is 4.51. The lowest BCUT2D eigenvalue weighted by Crippen LogP contribution is -2.20. The van der Waals surface area contributed by atoms with Crippen molar-refractivity contribution in [3.05, 3.63) is 23.8 Å². The van der Waals surface area contributed by atoms with Gasteiger partial charge in [-0.15, -0.1) is 0 Å². The molecule has 1 aliphatic carbocycles. The first-order chi connectivity index (χ1) is 7.79. The van der Waals surface area contributed by atoms with Crippen LogP contribution in [0.1, 0.15) is 49.7 Å². The number of hydrogen-bond donors (Lipinski definition) is 1. The molecule has 1 aromatic rings. The number of nitrogens with zero attached hydrogens (tertiary/aromatic N) is 2. The van der Waals surface area contributed by atoms with Gasteiger partial charge in [-0.25, -0.2) is 9.97 Å². The Kier molecular flexibility index (Phi) is 3.88. The summed E-state index contributed by atoms with van der Waals surface area (Å²) in [6.45, 7) is 1.95. The number of nitrogens with one attached hydrogen (secondary N) is 1. The van der Waals surface area contributed by atoms with Gasteiger partial charge in [0.05, 0.1) is 5.69 Å². The minimum atomic E-state index is 0.393. The third-order valence-corrected chi connectivity index (χ3v) is 3.55. The number of hydrogen-bond acceptors (Lipinski definition) is 3. The van der Waals surface area contributed by atoms with Crippen LogP contribution in [0.2, 0.25) is 0 Å². The van der Waals surface area contributed by atoms with Crippen molar-refractivity contribution in [2.24, 2.45) is 5.92 Å². The fourth-order valence-electron chi connectivity index (χ4n) is 2.63. The molecule has 1 heterocycles. The van der Waals surface area contributed by atoms with Gasteiger partial charge in [0, 0.05) is 12.2 Å². The van der Waals surface area contributed by atoms with Gasteiger partial charge in [0.25, 0.3) is 0 Å². The van der Waals surface area contributed by atoms with Crippen LogP contribution in [0.3, 0.4) is 0 Å². The number of aromatic nitrogens is 2. The van der Waals surface area contributed by atoms with E-state index in [9.17, 15) is 0 Å². The molecule has 3 nitrogen and oxygen atoms in total. The SMILES string of the molecule is CNC(CC1CCCC1)c1ccnc(C)n1. The molecule has 1 N–H and O–H groups in total. The highest BCUT2D eigenvalue weighted by molar-refractivity contribution is 5.07. The van der Waals surface area contributed by atoms with Gasteiger partial charge in [-0.2, -0.15) is 0 Å². The van der Waals surface area contributed by atoms with Crippen LogP contribution in [0, 0.1) is 12.8 Å². The Balaban J connectivity index is 2.03. The molecule has 1 fully saturated rings. The molecule has 16 heavy (non-hydrogen) atoms. The van der Waals surface area contributed by atoms with E-state index in [1.807, 2.05) is 26.2 Å². The minimum absolute atomic E-state index is 0.393. The molecule has 3 heteroatoms. The number of aryl methyl sites for hydroxylation is 1. The second kappa shape index (κ2) is 5.39. The molecule has 0 radical (unpaired) electrons. The van der Waals surface area contributed by atoms with Crippen molar-refractivity contribution in [2.45, 2.75) is 45.1 Å². The summed E-state index contributed by atoms with van der Waals surface area (Å²) in [7, 11) is 2.02. The standard InChI is InChI=1S/C13H21N3/c1-10-15-8-7-12(16-10)13(14-2)9-11-5-3-4-6-11/h7-8,11,13-14H,3-6,9H2,1-2H3. The summed E-state index contributed by atoms with van der Waals surface area (Å²) < 4.78 is 0. The molecule has 1 aromatic heterocycles. The van der Waals surface area contributed by atoms with Crippen molar-refractivity contribution < 1.29 is 0 Å². The van der Waals surface area contributed by atoms with E-state index >= 15 is 0 Å². The van der Waals surface area contributed by atoms with Gasteiger partial charge < -0.3 is 5.32 Å². The molecule has 1 saturated carbocycles.